The molecule has 0 radical (unpaired) electrons. The average molecular weight is 332 g/mol. The maximum Gasteiger partial charge on any atom is 0.300 e. The minimum Gasteiger partial charge on any atom is -0.459 e. The number of amidine groups is 1. The van der Waals surface area contributed by atoms with Gasteiger partial charge in [-0.15, -0.1) is 0 Å². The Morgan fingerprint density at radius 2 is 2.17 bits per heavy atom. The van der Waals surface area contributed by atoms with Crippen molar-refractivity contribution < 1.29 is 18.4 Å². The number of anilines is 1. The van der Waals surface area contributed by atoms with Gasteiger partial charge in [0.15, 0.2) is 16.0 Å². The molecule has 0 saturated heterocycles. The van der Waals surface area contributed by atoms with Crippen LogP contribution in [0, 0.1) is 5.82 Å². The Labute approximate surface area is 136 Å². The Morgan fingerprint density at radius 3 is 2.91 bits per heavy atom. The third-order valence-corrected chi connectivity index (χ3v) is 4.11. The van der Waals surface area contributed by atoms with Crippen molar-refractivity contribution >= 4 is 33.6 Å². The van der Waals surface area contributed by atoms with Gasteiger partial charge in [0.05, 0.1) is 12.0 Å². The van der Waals surface area contributed by atoms with Gasteiger partial charge in [-0.05, 0) is 48.5 Å². The molecule has 0 atom stereocenters. The minimum absolute atomic E-state index is 0.0742. The lowest BCUT2D eigenvalue weighted by atomic mass is 10.2. The maximum absolute atomic E-state index is 13.6. The van der Waals surface area contributed by atoms with Crippen molar-refractivity contribution in [3.8, 4) is 0 Å². The summed E-state index contributed by atoms with van der Waals surface area (Å²) in [7, 11) is 0. The first-order valence-corrected chi connectivity index (χ1v) is 7.85. The lowest BCUT2D eigenvalue weighted by Crippen LogP contribution is -2.35. The van der Waals surface area contributed by atoms with Crippen LogP contribution in [-0.4, -0.2) is 22.7 Å². The molecule has 1 aromatic heterocycles. The molecule has 118 valence electrons. The van der Waals surface area contributed by atoms with Gasteiger partial charge in [0.25, 0.3) is 5.91 Å². The molecule has 1 aliphatic heterocycles. The average Bonchev–Trinajstić information content (AvgIpc) is 2.98. The van der Waals surface area contributed by atoms with E-state index in [1.807, 2.05) is 0 Å². The van der Waals surface area contributed by atoms with E-state index < -0.39 is 11.7 Å². The van der Waals surface area contributed by atoms with Crippen molar-refractivity contribution in [2.24, 2.45) is 4.99 Å². The van der Waals surface area contributed by atoms with Crippen LogP contribution >= 0.6 is 11.8 Å². The summed E-state index contributed by atoms with van der Waals surface area (Å²) < 4.78 is 18.7. The zero-order chi connectivity index (χ0) is 16.2. The van der Waals surface area contributed by atoms with E-state index in [0.29, 0.717) is 25.1 Å². The van der Waals surface area contributed by atoms with Crippen molar-refractivity contribution in [3.63, 3.8) is 0 Å². The number of thioether (sulfide) groups is 1. The van der Waals surface area contributed by atoms with Crippen LogP contribution < -0.4 is 4.90 Å². The summed E-state index contributed by atoms with van der Waals surface area (Å²) in [6.07, 6.45) is 2.40. The molecule has 1 aliphatic rings. The molecule has 2 heterocycles. The number of nitrogens with zero attached hydrogens (tertiary/aromatic N) is 2. The van der Waals surface area contributed by atoms with Gasteiger partial charge in [-0.2, -0.15) is 0 Å². The third-order valence-electron chi connectivity index (χ3n) is 3.18. The number of rotatable bonds is 2. The fourth-order valence-electron chi connectivity index (χ4n) is 2.14. The smallest absolute Gasteiger partial charge is 0.300 e. The molecular formula is C16H13FN2O3S. The van der Waals surface area contributed by atoms with Crippen molar-refractivity contribution in [1.29, 1.82) is 0 Å². The third kappa shape index (κ3) is 3.50. The zero-order valence-electron chi connectivity index (χ0n) is 12.1. The van der Waals surface area contributed by atoms with Gasteiger partial charge in [-0.25, -0.2) is 4.39 Å². The van der Waals surface area contributed by atoms with Crippen LogP contribution in [0.15, 0.2) is 52.1 Å². The van der Waals surface area contributed by atoms with Crippen LogP contribution in [0.1, 0.15) is 23.4 Å². The first kappa shape index (κ1) is 15.5. The van der Waals surface area contributed by atoms with Gasteiger partial charge in [0.2, 0.25) is 0 Å². The highest BCUT2D eigenvalue weighted by molar-refractivity contribution is 8.26. The monoisotopic (exact) mass is 332 g/mol. The van der Waals surface area contributed by atoms with E-state index in [9.17, 15) is 14.0 Å². The molecule has 0 bridgehead atoms. The van der Waals surface area contributed by atoms with E-state index in [-0.39, 0.29) is 16.0 Å². The van der Waals surface area contributed by atoms with Gasteiger partial charge in [-0.3, -0.25) is 19.5 Å². The van der Waals surface area contributed by atoms with Crippen LogP contribution in [-0.2, 0) is 4.79 Å². The normalized spacial score (nSPS) is 15.0. The van der Waals surface area contributed by atoms with E-state index in [1.54, 1.807) is 12.1 Å². The summed E-state index contributed by atoms with van der Waals surface area (Å²) >= 11 is 0.894. The van der Waals surface area contributed by atoms with Crippen molar-refractivity contribution in [2.75, 3.05) is 11.4 Å². The molecule has 3 rings (SSSR count). The number of aliphatic imine (C=N–C) groups is 1. The summed E-state index contributed by atoms with van der Waals surface area (Å²) in [4.78, 5) is 30.1. The molecule has 0 fully saturated rings. The molecule has 0 saturated carbocycles. The van der Waals surface area contributed by atoms with E-state index in [1.165, 1.54) is 35.4 Å². The maximum atomic E-state index is 13.6. The number of carbonyl (C=O) groups is 2. The lowest BCUT2D eigenvalue weighted by molar-refractivity contribution is -0.110. The molecule has 2 aromatic rings. The number of halogens is 1. The quantitative estimate of drug-likeness (QED) is 0.845. The van der Waals surface area contributed by atoms with E-state index in [4.69, 9.17) is 4.42 Å². The second-order valence-electron chi connectivity index (χ2n) is 4.84. The number of benzene rings is 1. The second kappa shape index (κ2) is 6.78. The van der Waals surface area contributed by atoms with Crippen molar-refractivity contribution in [2.45, 2.75) is 12.8 Å². The van der Waals surface area contributed by atoms with E-state index in [2.05, 4.69) is 4.99 Å². The molecule has 7 heteroatoms. The predicted molar refractivity (Wildman–Crippen MR) is 86.1 cm³/mol. The Kier molecular flexibility index (Phi) is 4.57. The molecule has 1 aromatic carbocycles. The number of hydrogen-bond acceptors (Lipinski definition) is 5. The minimum atomic E-state index is -0.499. The van der Waals surface area contributed by atoms with Crippen LogP contribution in [0.25, 0.3) is 0 Å². The zero-order valence-corrected chi connectivity index (χ0v) is 12.9. The highest BCUT2D eigenvalue weighted by Gasteiger charge is 2.28. The summed E-state index contributed by atoms with van der Waals surface area (Å²) in [6, 6.07) is 8.69. The topological polar surface area (TPSA) is 62.9 Å². The molecular weight excluding hydrogens is 319 g/mol. The fraction of sp³-hybridized carbons (Fsp3) is 0.188. The molecule has 0 unspecified atom stereocenters. The molecule has 0 N–H and O–H groups in total. The van der Waals surface area contributed by atoms with Crippen LogP contribution in [0.5, 0.6) is 0 Å². The second-order valence-corrected chi connectivity index (χ2v) is 5.86. The van der Waals surface area contributed by atoms with Gasteiger partial charge in [0.1, 0.15) is 5.82 Å². The standard InChI is InChI=1S/C16H13FN2O3S/c17-11-4-1-5-12(10-11)19(15(21)13-6-3-9-22-13)16-18-8-2-7-14(20)23-16/h1,3-6,9-10H,2,7-8H2. The first-order chi connectivity index (χ1) is 11.1. The number of hydrogen-bond donors (Lipinski definition) is 0. The SMILES string of the molecule is O=C1CCCN=C(N(C(=O)c2ccco2)c2cccc(F)c2)S1. The van der Waals surface area contributed by atoms with Crippen LogP contribution in [0.2, 0.25) is 0 Å². The number of amides is 1. The van der Waals surface area contributed by atoms with Gasteiger partial charge in [0, 0.05) is 13.0 Å². The molecule has 23 heavy (non-hydrogen) atoms. The van der Waals surface area contributed by atoms with Crippen molar-refractivity contribution in [1.82, 2.24) is 0 Å². The highest BCUT2D eigenvalue weighted by Crippen LogP contribution is 2.26. The van der Waals surface area contributed by atoms with Crippen LogP contribution in [0.4, 0.5) is 10.1 Å². The number of carbonyl (C=O) groups excluding carboxylic acids is 2. The molecule has 0 spiro atoms. The lowest BCUT2D eigenvalue weighted by Gasteiger charge is -2.22. The van der Waals surface area contributed by atoms with Crippen molar-refractivity contribution in [3.05, 3.63) is 54.2 Å². The molecule has 5 nitrogen and oxygen atoms in total. The van der Waals surface area contributed by atoms with E-state index >= 15 is 0 Å². The number of furan rings is 1. The summed E-state index contributed by atoms with van der Waals surface area (Å²) in [6.45, 7) is 0.436. The molecule has 1 amide bonds. The largest absolute Gasteiger partial charge is 0.459 e. The van der Waals surface area contributed by atoms with Gasteiger partial charge in [-0.1, -0.05) is 6.07 Å². The Morgan fingerprint density at radius 1 is 1.30 bits per heavy atom. The summed E-state index contributed by atoms with van der Waals surface area (Å²) in [5.74, 6) is -0.888. The fourth-order valence-corrected chi connectivity index (χ4v) is 3.03. The van der Waals surface area contributed by atoms with Gasteiger partial charge >= 0.3 is 0 Å². The highest BCUT2D eigenvalue weighted by atomic mass is 32.2. The Bertz CT molecular complexity index is 758. The van der Waals surface area contributed by atoms with E-state index in [0.717, 1.165) is 11.8 Å². The summed E-state index contributed by atoms with van der Waals surface area (Å²) in [5.41, 5.74) is 0.298. The summed E-state index contributed by atoms with van der Waals surface area (Å²) in [5, 5.41) is 0.161. The Hall–Kier alpha value is -2.41. The van der Waals surface area contributed by atoms with Gasteiger partial charge < -0.3 is 4.42 Å². The predicted octanol–water partition coefficient (Wildman–Crippen LogP) is 3.48. The Balaban J connectivity index is 2.04. The molecule has 0 aliphatic carbocycles. The van der Waals surface area contributed by atoms with Crippen LogP contribution in [0.3, 0.4) is 0 Å². The first-order valence-electron chi connectivity index (χ1n) is 7.04.